The third kappa shape index (κ3) is 3.84. The third-order valence-electron chi connectivity index (χ3n) is 6.16. The van der Waals surface area contributed by atoms with Gasteiger partial charge in [-0.3, -0.25) is 9.48 Å². The van der Waals surface area contributed by atoms with E-state index in [9.17, 15) is 4.79 Å². The van der Waals surface area contributed by atoms with Crippen molar-refractivity contribution in [2.75, 3.05) is 6.54 Å². The highest BCUT2D eigenvalue weighted by atomic mass is 127. The summed E-state index contributed by atoms with van der Waals surface area (Å²) >= 11 is 4.72. The summed E-state index contributed by atoms with van der Waals surface area (Å²) in [7, 11) is 1.83. The smallest absolute Gasteiger partial charge is 0.312 e. The number of H-pyrrole nitrogens is 1. The number of carbonyl (C=O) groups is 1. The zero-order chi connectivity index (χ0) is 24.3. The molecule has 35 heavy (non-hydrogen) atoms. The highest BCUT2D eigenvalue weighted by Crippen LogP contribution is 2.36. The number of nitrogens with zero attached hydrogens (tertiary/aromatic N) is 8. The number of aryl methyl sites for hydroxylation is 2. The van der Waals surface area contributed by atoms with Crippen LogP contribution in [0.15, 0.2) is 41.1 Å². The maximum Gasteiger partial charge on any atom is 0.312 e. The van der Waals surface area contributed by atoms with Crippen LogP contribution in [-0.2, 0) is 13.5 Å². The topological polar surface area (TPSA) is 123 Å². The molecule has 0 saturated heterocycles. The van der Waals surface area contributed by atoms with Crippen molar-refractivity contribution in [3.8, 4) is 11.6 Å². The molecule has 1 aliphatic heterocycles. The molecule has 0 aromatic carbocycles. The van der Waals surface area contributed by atoms with Crippen LogP contribution in [0.2, 0.25) is 0 Å². The number of rotatable bonds is 4. The number of aromatic amines is 1. The van der Waals surface area contributed by atoms with Gasteiger partial charge in [0.05, 0.1) is 28.9 Å². The number of imidazole rings is 1. The van der Waals surface area contributed by atoms with Gasteiger partial charge in [-0.25, -0.2) is 9.50 Å². The van der Waals surface area contributed by atoms with Crippen LogP contribution in [0, 0.1) is 6.92 Å². The van der Waals surface area contributed by atoms with Crippen LogP contribution in [0.5, 0.6) is 0 Å². The predicted molar refractivity (Wildman–Crippen MR) is 142 cm³/mol. The summed E-state index contributed by atoms with van der Waals surface area (Å²) in [5.74, 6) is -0.247. The highest BCUT2D eigenvalue weighted by molar-refractivity contribution is 14.2. The Hall–Kier alpha value is -2.82. The third-order valence-corrected chi connectivity index (χ3v) is 7.44. The fourth-order valence-electron chi connectivity index (χ4n) is 4.35. The van der Waals surface area contributed by atoms with Gasteiger partial charge in [-0.05, 0) is 31.2 Å². The number of pyridine rings is 1. The van der Waals surface area contributed by atoms with E-state index in [-0.39, 0.29) is 19.6 Å². The number of hydrogen-bond donors (Lipinski definition) is 1. The number of hydrogen-bond acceptors (Lipinski definition) is 7. The summed E-state index contributed by atoms with van der Waals surface area (Å²) < 4.78 is 9.65. The molecule has 0 bridgehead atoms. The Balaban J connectivity index is 1.41. The van der Waals surface area contributed by atoms with Crippen LogP contribution < -0.4 is 0 Å². The van der Waals surface area contributed by atoms with Crippen LogP contribution in [0.1, 0.15) is 47.1 Å². The average Bonchev–Trinajstić information content (AvgIpc) is 3.63. The second kappa shape index (κ2) is 8.69. The highest BCUT2D eigenvalue weighted by Gasteiger charge is 2.38. The van der Waals surface area contributed by atoms with E-state index in [1.165, 1.54) is 0 Å². The van der Waals surface area contributed by atoms with E-state index in [0.29, 0.717) is 18.7 Å². The maximum atomic E-state index is 13.7. The number of nitrogens with one attached hydrogen (secondary N) is 1. The van der Waals surface area contributed by atoms with Gasteiger partial charge < -0.3 is 14.3 Å². The first-order chi connectivity index (χ1) is 16.9. The molecule has 1 amide bonds. The lowest BCUT2D eigenvalue weighted by Crippen LogP contribution is -2.41. The standard InChI is InChI=1S/C22H19I2N9O2/c1-11-8-15(29-31(11)2)20-27-28-21(35-20)22(34)32-7-6-13-17(26-10-25-13)18(32)14-9-12-4-3-5-16(19(23)24)33(12)30-14/h3-5,8-10,18-19H,6-7H2,1-2H3,(H,25,26)/t18-/m1/s1. The SMILES string of the molecule is Cc1cc(-c2nnc(C(=O)N3CCc4[nH]cnc4[C@H]3c3cc4cccc(C(I)I)n4n3)o2)nn1C. The summed E-state index contributed by atoms with van der Waals surface area (Å²) in [5.41, 5.74) is 5.99. The van der Waals surface area contributed by atoms with Crippen molar-refractivity contribution in [3.63, 3.8) is 0 Å². The zero-order valence-corrected chi connectivity index (χ0v) is 23.0. The van der Waals surface area contributed by atoms with E-state index in [4.69, 9.17) is 9.52 Å². The Bertz CT molecular complexity index is 1540. The van der Waals surface area contributed by atoms with E-state index in [1.807, 2.05) is 42.8 Å². The summed E-state index contributed by atoms with van der Waals surface area (Å²) in [4.78, 5) is 23.1. The molecule has 5 aromatic heterocycles. The largest absolute Gasteiger partial charge is 0.411 e. The molecule has 0 saturated carbocycles. The first-order valence-electron chi connectivity index (χ1n) is 10.8. The summed E-state index contributed by atoms with van der Waals surface area (Å²) in [6, 6.07) is 9.43. The van der Waals surface area contributed by atoms with Crippen molar-refractivity contribution in [2.24, 2.45) is 7.05 Å². The molecular weight excluding hydrogens is 676 g/mol. The number of fused-ring (bicyclic) bond motifs is 2. The van der Waals surface area contributed by atoms with E-state index >= 15 is 0 Å². The second-order valence-corrected chi connectivity index (χ2v) is 13.2. The molecule has 0 unspecified atom stereocenters. The molecule has 6 heterocycles. The van der Waals surface area contributed by atoms with Crippen molar-refractivity contribution in [1.29, 1.82) is 0 Å². The molecule has 0 radical (unpaired) electrons. The second-order valence-electron chi connectivity index (χ2n) is 8.28. The minimum atomic E-state index is -0.487. The van der Waals surface area contributed by atoms with Gasteiger partial charge in [0.1, 0.15) is 13.7 Å². The molecule has 0 fully saturated rings. The number of aromatic nitrogens is 8. The van der Waals surface area contributed by atoms with Gasteiger partial charge in [0.2, 0.25) is 0 Å². The van der Waals surface area contributed by atoms with Crippen LogP contribution in [0.4, 0.5) is 0 Å². The van der Waals surface area contributed by atoms with Crippen molar-refractivity contribution in [2.45, 2.75) is 21.3 Å². The lowest BCUT2D eigenvalue weighted by molar-refractivity contribution is 0.0646. The van der Waals surface area contributed by atoms with Crippen molar-refractivity contribution >= 4 is 56.6 Å². The molecule has 11 nitrogen and oxygen atoms in total. The Kier molecular flexibility index (Phi) is 5.62. The number of halogens is 2. The van der Waals surface area contributed by atoms with Crippen LogP contribution in [-0.4, -0.2) is 56.9 Å². The molecule has 1 aliphatic rings. The van der Waals surface area contributed by atoms with E-state index in [1.54, 1.807) is 15.9 Å². The summed E-state index contributed by atoms with van der Waals surface area (Å²) in [5, 5.41) is 17.4. The van der Waals surface area contributed by atoms with Gasteiger partial charge in [0, 0.05) is 31.4 Å². The number of amides is 1. The molecule has 5 aromatic rings. The first-order valence-corrected chi connectivity index (χ1v) is 13.3. The molecule has 1 atom stereocenters. The molecule has 1 N–H and O–H groups in total. The van der Waals surface area contributed by atoms with Gasteiger partial charge in [-0.1, -0.05) is 51.2 Å². The van der Waals surface area contributed by atoms with Gasteiger partial charge in [-0.15, -0.1) is 10.2 Å². The summed E-state index contributed by atoms with van der Waals surface area (Å²) in [6.45, 7) is 2.39. The van der Waals surface area contributed by atoms with Crippen molar-refractivity contribution in [1.82, 2.24) is 44.5 Å². The van der Waals surface area contributed by atoms with E-state index in [0.717, 1.165) is 34.0 Å². The summed E-state index contributed by atoms with van der Waals surface area (Å²) in [6.07, 6.45) is 2.30. The zero-order valence-electron chi connectivity index (χ0n) is 18.7. The lowest BCUT2D eigenvalue weighted by atomic mass is 9.99. The molecule has 6 rings (SSSR count). The Morgan fingerprint density at radius 3 is 2.86 bits per heavy atom. The van der Waals surface area contributed by atoms with E-state index in [2.05, 4.69) is 76.5 Å². The van der Waals surface area contributed by atoms with Gasteiger partial charge in [0.25, 0.3) is 5.89 Å². The van der Waals surface area contributed by atoms with Gasteiger partial charge >= 0.3 is 11.8 Å². The molecule has 0 aliphatic carbocycles. The van der Waals surface area contributed by atoms with Crippen LogP contribution in [0.3, 0.4) is 0 Å². The Labute approximate surface area is 226 Å². The van der Waals surface area contributed by atoms with Gasteiger partial charge in [-0.2, -0.15) is 10.2 Å². The number of alkyl halides is 2. The average molecular weight is 695 g/mol. The first kappa shape index (κ1) is 22.6. The quantitative estimate of drug-likeness (QED) is 0.224. The van der Waals surface area contributed by atoms with Crippen molar-refractivity contribution < 1.29 is 9.21 Å². The molecule has 0 spiro atoms. The maximum absolute atomic E-state index is 13.7. The normalized spacial score (nSPS) is 15.8. The predicted octanol–water partition coefficient (Wildman–Crippen LogP) is 3.81. The Morgan fingerprint density at radius 1 is 1.23 bits per heavy atom. The minimum absolute atomic E-state index is 0.0867. The fourth-order valence-corrected chi connectivity index (χ4v) is 5.29. The number of carbonyl (C=O) groups excluding carboxylic acids is 1. The van der Waals surface area contributed by atoms with Crippen molar-refractivity contribution in [3.05, 3.63) is 71.0 Å². The monoisotopic (exact) mass is 695 g/mol. The van der Waals surface area contributed by atoms with Crippen LogP contribution in [0.25, 0.3) is 17.1 Å². The Morgan fingerprint density at radius 2 is 2.09 bits per heavy atom. The molecule has 13 heteroatoms. The lowest BCUT2D eigenvalue weighted by Gasteiger charge is -2.32. The molecule has 178 valence electrons. The fraction of sp³-hybridized carbons (Fsp3) is 0.273. The molecular formula is C22H19I2N9O2. The minimum Gasteiger partial charge on any atom is -0.411 e. The van der Waals surface area contributed by atoms with Gasteiger partial charge in [0.15, 0.2) is 0 Å². The van der Waals surface area contributed by atoms with E-state index < -0.39 is 6.04 Å². The van der Waals surface area contributed by atoms with Crippen LogP contribution >= 0.6 is 45.2 Å².